The lowest BCUT2D eigenvalue weighted by Gasteiger charge is -2.28. The first-order valence-electron chi connectivity index (χ1n) is 7.44. The molecule has 3 N–H and O–H groups in total. The van der Waals surface area contributed by atoms with E-state index in [1.165, 1.54) is 13.0 Å². The number of ether oxygens (including phenoxy) is 1. The molecule has 0 saturated heterocycles. The summed E-state index contributed by atoms with van der Waals surface area (Å²) in [6.07, 6.45) is 1.26. The second-order valence-electron chi connectivity index (χ2n) is 6.33. The molecule has 0 spiro atoms. The van der Waals surface area contributed by atoms with Gasteiger partial charge in [-0.15, -0.1) is 0 Å². The van der Waals surface area contributed by atoms with E-state index in [4.69, 9.17) is 10.5 Å². The summed E-state index contributed by atoms with van der Waals surface area (Å²) in [5.41, 5.74) is 6.02. The van der Waals surface area contributed by atoms with Crippen LogP contribution < -0.4 is 10.5 Å². The number of Topliss-reactive ketones (excluding diaryl/α,β-unsaturated/α-hetero) is 2. The SMILES string of the molecule is CC(=O)C1=C(O)C=C2Oc3c(C(N)=O)c(C)cc(C)c3C2(C)C1=O. The fourth-order valence-electron chi connectivity index (χ4n) is 3.62. The minimum absolute atomic E-state index is 0.182. The van der Waals surface area contributed by atoms with Crippen molar-refractivity contribution in [1.82, 2.24) is 0 Å². The number of primary amides is 1. The summed E-state index contributed by atoms with van der Waals surface area (Å²) in [7, 11) is 0. The van der Waals surface area contributed by atoms with Crippen molar-refractivity contribution in [2.45, 2.75) is 33.1 Å². The average molecular weight is 327 g/mol. The third kappa shape index (κ3) is 1.79. The molecule has 0 bridgehead atoms. The molecule has 1 unspecified atom stereocenters. The van der Waals surface area contributed by atoms with Gasteiger partial charge < -0.3 is 15.6 Å². The number of carbonyl (C=O) groups excluding carboxylic acids is 3. The van der Waals surface area contributed by atoms with E-state index in [1.807, 2.05) is 0 Å². The standard InChI is InChI=1S/C18H17NO5/c1-7-5-8(2)14-15(12(7)17(19)23)24-11-6-10(21)13(9(3)20)16(22)18(11,14)4/h5-6,21H,1-4H3,(H2,19,23). The quantitative estimate of drug-likeness (QED) is 0.807. The van der Waals surface area contributed by atoms with Crippen LogP contribution in [0.25, 0.3) is 0 Å². The van der Waals surface area contributed by atoms with Crippen LogP contribution in [0.1, 0.15) is 40.9 Å². The summed E-state index contributed by atoms with van der Waals surface area (Å²) in [5.74, 6) is -1.76. The Labute approximate surface area is 138 Å². The van der Waals surface area contributed by atoms with Gasteiger partial charge in [0, 0.05) is 11.6 Å². The van der Waals surface area contributed by atoms with Gasteiger partial charge >= 0.3 is 0 Å². The number of nitrogens with two attached hydrogens (primary N) is 1. The molecule has 3 rings (SSSR count). The predicted octanol–water partition coefficient (Wildman–Crippen LogP) is 1.92. The Balaban J connectivity index is 2.37. The van der Waals surface area contributed by atoms with Gasteiger partial charge in [0.05, 0.1) is 5.56 Å². The molecule has 1 aliphatic carbocycles. The maximum Gasteiger partial charge on any atom is 0.252 e. The van der Waals surface area contributed by atoms with Crippen LogP contribution in [0.4, 0.5) is 0 Å². The number of fused-ring (bicyclic) bond motifs is 3. The number of allylic oxidation sites excluding steroid dienone is 3. The first-order valence-corrected chi connectivity index (χ1v) is 7.44. The number of rotatable bonds is 2. The molecule has 1 aromatic carbocycles. The summed E-state index contributed by atoms with van der Waals surface area (Å²) in [6, 6.07) is 1.76. The molecule has 1 atom stereocenters. The molecule has 2 aliphatic rings. The molecule has 0 fully saturated rings. The number of hydrogen-bond donors (Lipinski definition) is 2. The Morgan fingerprint density at radius 1 is 1.25 bits per heavy atom. The van der Waals surface area contributed by atoms with Gasteiger partial charge in [0.25, 0.3) is 5.91 Å². The number of aliphatic hydroxyl groups excluding tert-OH is 1. The lowest BCUT2D eigenvalue weighted by molar-refractivity contribution is -0.123. The number of ketones is 2. The zero-order valence-corrected chi connectivity index (χ0v) is 13.8. The molecule has 124 valence electrons. The van der Waals surface area contributed by atoms with E-state index < -0.39 is 28.6 Å². The molecule has 6 nitrogen and oxygen atoms in total. The molecular weight excluding hydrogens is 310 g/mol. The second kappa shape index (κ2) is 4.80. The Morgan fingerprint density at radius 2 is 1.88 bits per heavy atom. The van der Waals surface area contributed by atoms with Crippen LogP contribution in [0.3, 0.4) is 0 Å². The zero-order chi connectivity index (χ0) is 18.0. The molecule has 24 heavy (non-hydrogen) atoms. The summed E-state index contributed by atoms with van der Waals surface area (Å²) in [6.45, 7) is 6.37. The highest BCUT2D eigenvalue weighted by Gasteiger charge is 2.54. The Kier molecular flexibility index (Phi) is 3.20. The van der Waals surface area contributed by atoms with E-state index >= 15 is 0 Å². The van der Waals surface area contributed by atoms with Gasteiger partial charge in [-0.25, -0.2) is 0 Å². The van der Waals surface area contributed by atoms with Gasteiger partial charge in [-0.05, 0) is 38.8 Å². The summed E-state index contributed by atoms with van der Waals surface area (Å²) in [5, 5.41) is 10.0. The maximum atomic E-state index is 13.0. The van der Waals surface area contributed by atoms with Gasteiger partial charge in [-0.1, -0.05) is 6.07 Å². The normalized spacial score (nSPS) is 21.8. The van der Waals surface area contributed by atoms with Gasteiger partial charge in [0.15, 0.2) is 11.6 Å². The average Bonchev–Trinajstić information content (AvgIpc) is 2.72. The van der Waals surface area contributed by atoms with Crippen molar-refractivity contribution in [2.75, 3.05) is 0 Å². The largest absolute Gasteiger partial charge is 0.507 e. The second-order valence-corrected chi connectivity index (χ2v) is 6.33. The highest BCUT2D eigenvalue weighted by Crippen LogP contribution is 2.52. The highest BCUT2D eigenvalue weighted by molar-refractivity contribution is 6.25. The van der Waals surface area contributed by atoms with Crippen molar-refractivity contribution in [3.63, 3.8) is 0 Å². The lowest BCUT2D eigenvalue weighted by Crippen LogP contribution is -2.39. The van der Waals surface area contributed by atoms with Crippen LogP contribution in [-0.2, 0) is 15.0 Å². The number of benzene rings is 1. The zero-order valence-electron chi connectivity index (χ0n) is 13.8. The maximum absolute atomic E-state index is 13.0. The van der Waals surface area contributed by atoms with Crippen molar-refractivity contribution in [3.8, 4) is 5.75 Å². The van der Waals surface area contributed by atoms with Gasteiger partial charge in [-0.3, -0.25) is 14.4 Å². The molecule has 0 aromatic heterocycles. The molecule has 0 radical (unpaired) electrons. The molecule has 1 amide bonds. The molecule has 1 aliphatic heterocycles. The number of aliphatic hydroxyl groups is 1. The molecule has 1 aromatic rings. The third-order valence-corrected chi connectivity index (χ3v) is 4.68. The van der Waals surface area contributed by atoms with Crippen molar-refractivity contribution in [2.24, 2.45) is 5.73 Å². The van der Waals surface area contributed by atoms with Crippen LogP contribution in [0.2, 0.25) is 0 Å². The monoisotopic (exact) mass is 327 g/mol. The van der Waals surface area contributed by atoms with Gasteiger partial charge in [0.2, 0.25) is 0 Å². The van der Waals surface area contributed by atoms with Crippen LogP contribution >= 0.6 is 0 Å². The number of aryl methyl sites for hydroxylation is 2. The Hall–Kier alpha value is -2.89. The minimum Gasteiger partial charge on any atom is -0.507 e. The van der Waals surface area contributed by atoms with Crippen molar-refractivity contribution in [3.05, 3.63) is 51.5 Å². The van der Waals surface area contributed by atoms with E-state index in [-0.39, 0.29) is 22.6 Å². The van der Waals surface area contributed by atoms with Crippen LogP contribution in [0.5, 0.6) is 5.75 Å². The topological polar surface area (TPSA) is 107 Å². The lowest BCUT2D eigenvalue weighted by atomic mass is 9.70. The summed E-state index contributed by atoms with van der Waals surface area (Å²) in [4.78, 5) is 36.6. The molecule has 0 saturated carbocycles. The first kappa shape index (κ1) is 16.0. The molecular formula is C18H17NO5. The van der Waals surface area contributed by atoms with Crippen molar-refractivity contribution >= 4 is 17.5 Å². The smallest absolute Gasteiger partial charge is 0.252 e. The predicted molar refractivity (Wildman–Crippen MR) is 85.8 cm³/mol. The highest BCUT2D eigenvalue weighted by atomic mass is 16.5. The van der Waals surface area contributed by atoms with E-state index in [9.17, 15) is 19.5 Å². The van der Waals surface area contributed by atoms with Crippen molar-refractivity contribution < 1.29 is 24.2 Å². The van der Waals surface area contributed by atoms with Crippen LogP contribution in [-0.4, -0.2) is 22.6 Å². The molecule has 6 heteroatoms. The van der Waals surface area contributed by atoms with Crippen LogP contribution in [0.15, 0.2) is 29.2 Å². The Bertz CT molecular complexity index is 906. The van der Waals surface area contributed by atoms with E-state index in [0.29, 0.717) is 11.1 Å². The van der Waals surface area contributed by atoms with Crippen molar-refractivity contribution in [1.29, 1.82) is 0 Å². The first-order chi connectivity index (χ1) is 11.1. The van der Waals surface area contributed by atoms with Crippen LogP contribution in [0, 0.1) is 13.8 Å². The summed E-state index contributed by atoms with van der Waals surface area (Å²) < 4.78 is 5.77. The fraction of sp³-hybridized carbons (Fsp3) is 0.278. The van der Waals surface area contributed by atoms with Gasteiger partial charge in [0.1, 0.15) is 28.3 Å². The third-order valence-electron chi connectivity index (χ3n) is 4.68. The van der Waals surface area contributed by atoms with E-state index in [1.54, 1.807) is 26.8 Å². The van der Waals surface area contributed by atoms with E-state index in [0.717, 1.165) is 5.56 Å². The Morgan fingerprint density at radius 3 is 2.42 bits per heavy atom. The summed E-state index contributed by atoms with van der Waals surface area (Å²) >= 11 is 0. The fourth-order valence-corrected chi connectivity index (χ4v) is 3.62. The minimum atomic E-state index is -1.27. The molecule has 1 heterocycles. The number of carbonyl (C=O) groups is 3. The van der Waals surface area contributed by atoms with Gasteiger partial charge in [-0.2, -0.15) is 0 Å². The number of amides is 1. The number of hydrogen-bond acceptors (Lipinski definition) is 5. The van der Waals surface area contributed by atoms with E-state index in [2.05, 4.69) is 0 Å².